The van der Waals surface area contributed by atoms with Gasteiger partial charge in [0.05, 0.1) is 4.90 Å². The number of sulfone groups is 1. The van der Waals surface area contributed by atoms with E-state index in [0.717, 1.165) is 16.8 Å². The third-order valence-corrected chi connectivity index (χ3v) is 4.49. The Labute approximate surface area is 125 Å². The first-order chi connectivity index (χ1) is 9.77. The van der Waals surface area contributed by atoms with Crippen LogP contribution in [-0.4, -0.2) is 19.8 Å². The molecular formula is C16H19NO3S. The number of hydrogen-bond donors (Lipinski definition) is 2. The first-order valence-electron chi connectivity index (χ1n) is 6.63. The fourth-order valence-electron chi connectivity index (χ4n) is 2.10. The van der Waals surface area contributed by atoms with Crippen LogP contribution in [0.3, 0.4) is 0 Å². The largest absolute Gasteiger partial charge is 0.508 e. The molecule has 0 amide bonds. The van der Waals surface area contributed by atoms with Gasteiger partial charge in [-0.25, -0.2) is 8.42 Å². The molecule has 21 heavy (non-hydrogen) atoms. The molecule has 2 aromatic carbocycles. The van der Waals surface area contributed by atoms with Gasteiger partial charge in [0, 0.05) is 18.0 Å². The van der Waals surface area contributed by atoms with Crippen molar-refractivity contribution in [1.82, 2.24) is 0 Å². The first-order valence-corrected chi connectivity index (χ1v) is 8.52. The molecule has 0 saturated carbocycles. The molecule has 1 atom stereocenters. The number of hydrogen-bond acceptors (Lipinski definition) is 4. The van der Waals surface area contributed by atoms with Gasteiger partial charge in [0.2, 0.25) is 0 Å². The molecule has 4 nitrogen and oxygen atoms in total. The van der Waals surface area contributed by atoms with Gasteiger partial charge in [0.25, 0.3) is 0 Å². The molecule has 0 aromatic heterocycles. The summed E-state index contributed by atoms with van der Waals surface area (Å²) >= 11 is 0. The van der Waals surface area contributed by atoms with Crippen LogP contribution in [-0.2, 0) is 9.84 Å². The molecule has 112 valence electrons. The second-order valence-electron chi connectivity index (χ2n) is 5.21. The zero-order valence-electron chi connectivity index (χ0n) is 12.3. The molecule has 0 aliphatic rings. The number of rotatable bonds is 4. The zero-order chi connectivity index (χ0) is 15.6. The van der Waals surface area contributed by atoms with Crippen molar-refractivity contribution in [3.05, 3.63) is 53.6 Å². The smallest absolute Gasteiger partial charge is 0.175 e. The van der Waals surface area contributed by atoms with Crippen LogP contribution in [0.1, 0.15) is 24.1 Å². The average Bonchev–Trinajstić information content (AvgIpc) is 2.40. The summed E-state index contributed by atoms with van der Waals surface area (Å²) in [5.74, 6) is 0.211. The van der Waals surface area contributed by atoms with Crippen LogP contribution in [0, 0.1) is 6.92 Å². The van der Waals surface area contributed by atoms with Crippen LogP contribution in [0.5, 0.6) is 5.75 Å². The predicted molar refractivity (Wildman–Crippen MR) is 84.4 cm³/mol. The Balaban J connectivity index is 2.31. The lowest BCUT2D eigenvalue weighted by molar-refractivity contribution is 0.474. The zero-order valence-corrected chi connectivity index (χ0v) is 13.1. The standard InChI is InChI=1S/C16H19NO3S/c1-11-7-8-15(21(3,19)20)10-16(11)17-12(2)13-5-4-6-14(18)9-13/h4-10,12,17-18H,1-3H3. The van der Waals surface area contributed by atoms with Gasteiger partial charge < -0.3 is 10.4 Å². The van der Waals surface area contributed by atoms with Crippen molar-refractivity contribution in [3.63, 3.8) is 0 Å². The van der Waals surface area contributed by atoms with Gasteiger partial charge in [-0.15, -0.1) is 0 Å². The number of benzene rings is 2. The molecule has 2 N–H and O–H groups in total. The van der Waals surface area contributed by atoms with Gasteiger partial charge in [-0.1, -0.05) is 18.2 Å². The van der Waals surface area contributed by atoms with Crippen LogP contribution in [0.2, 0.25) is 0 Å². The van der Waals surface area contributed by atoms with E-state index in [1.165, 1.54) is 6.26 Å². The number of phenols is 1. The second kappa shape index (κ2) is 5.77. The molecule has 2 rings (SSSR count). The molecule has 2 aromatic rings. The third-order valence-electron chi connectivity index (χ3n) is 3.38. The Morgan fingerprint density at radius 1 is 1.14 bits per heavy atom. The van der Waals surface area contributed by atoms with Crippen molar-refractivity contribution in [2.45, 2.75) is 24.8 Å². The Morgan fingerprint density at radius 2 is 1.86 bits per heavy atom. The third kappa shape index (κ3) is 3.76. The molecule has 0 bridgehead atoms. The predicted octanol–water partition coefficient (Wildman–Crippen LogP) is 3.28. The molecule has 0 saturated heterocycles. The minimum atomic E-state index is -3.23. The van der Waals surface area contributed by atoms with Gasteiger partial charge in [-0.05, 0) is 49.2 Å². The second-order valence-corrected chi connectivity index (χ2v) is 7.23. The van der Waals surface area contributed by atoms with Crippen molar-refractivity contribution >= 4 is 15.5 Å². The molecule has 0 heterocycles. The Morgan fingerprint density at radius 3 is 2.48 bits per heavy atom. The van der Waals surface area contributed by atoms with E-state index < -0.39 is 9.84 Å². The molecule has 0 aliphatic carbocycles. The maximum atomic E-state index is 11.6. The van der Waals surface area contributed by atoms with Gasteiger partial charge in [-0.2, -0.15) is 0 Å². The van der Waals surface area contributed by atoms with Crippen molar-refractivity contribution < 1.29 is 13.5 Å². The molecular weight excluding hydrogens is 286 g/mol. The maximum Gasteiger partial charge on any atom is 0.175 e. The quantitative estimate of drug-likeness (QED) is 0.909. The van der Waals surface area contributed by atoms with Gasteiger partial charge in [0.1, 0.15) is 5.75 Å². The average molecular weight is 305 g/mol. The number of phenolic OH excluding ortho intramolecular Hbond substituents is 1. The number of anilines is 1. The highest BCUT2D eigenvalue weighted by molar-refractivity contribution is 7.90. The topological polar surface area (TPSA) is 66.4 Å². The van der Waals surface area contributed by atoms with Crippen LogP contribution in [0.25, 0.3) is 0 Å². The first kappa shape index (κ1) is 15.4. The molecule has 0 aliphatic heterocycles. The Bertz CT molecular complexity index is 754. The van der Waals surface area contributed by atoms with Crippen molar-refractivity contribution in [2.75, 3.05) is 11.6 Å². The minimum absolute atomic E-state index is 0.0504. The van der Waals surface area contributed by atoms with Crippen molar-refractivity contribution in [1.29, 1.82) is 0 Å². The van der Waals surface area contributed by atoms with Gasteiger partial charge in [-0.3, -0.25) is 0 Å². The van der Waals surface area contributed by atoms with E-state index in [1.807, 2.05) is 19.9 Å². The molecule has 1 unspecified atom stereocenters. The summed E-state index contributed by atoms with van der Waals surface area (Å²) in [4.78, 5) is 0.290. The number of nitrogens with one attached hydrogen (secondary N) is 1. The van der Waals surface area contributed by atoms with Crippen LogP contribution < -0.4 is 5.32 Å². The van der Waals surface area contributed by atoms with E-state index in [2.05, 4.69) is 5.32 Å². The highest BCUT2D eigenvalue weighted by Gasteiger charge is 2.12. The monoisotopic (exact) mass is 305 g/mol. The fraction of sp³-hybridized carbons (Fsp3) is 0.250. The summed E-state index contributed by atoms with van der Waals surface area (Å²) in [6.45, 7) is 3.88. The summed E-state index contributed by atoms with van der Waals surface area (Å²) < 4.78 is 23.3. The molecule has 0 radical (unpaired) electrons. The van der Waals surface area contributed by atoms with Crippen LogP contribution in [0.15, 0.2) is 47.4 Å². The Kier molecular flexibility index (Phi) is 4.23. The van der Waals surface area contributed by atoms with E-state index in [1.54, 1.807) is 36.4 Å². The van der Waals surface area contributed by atoms with E-state index in [4.69, 9.17) is 0 Å². The highest BCUT2D eigenvalue weighted by Crippen LogP contribution is 2.26. The van der Waals surface area contributed by atoms with E-state index in [0.29, 0.717) is 4.90 Å². The summed E-state index contributed by atoms with van der Waals surface area (Å²) in [7, 11) is -3.23. The lowest BCUT2D eigenvalue weighted by Gasteiger charge is -2.18. The Hall–Kier alpha value is -2.01. The van der Waals surface area contributed by atoms with Gasteiger partial charge >= 0.3 is 0 Å². The van der Waals surface area contributed by atoms with E-state index in [9.17, 15) is 13.5 Å². The SMILES string of the molecule is Cc1ccc(S(C)(=O)=O)cc1NC(C)c1cccc(O)c1. The highest BCUT2D eigenvalue weighted by atomic mass is 32.2. The van der Waals surface area contributed by atoms with Crippen LogP contribution >= 0.6 is 0 Å². The van der Waals surface area contributed by atoms with E-state index >= 15 is 0 Å². The lowest BCUT2D eigenvalue weighted by Crippen LogP contribution is -2.08. The van der Waals surface area contributed by atoms with E-state index in [-0.39, 0.29) is 11.8 Å². The minimum Gasteiger partial charge on any atom is -0.508 e. The fourth-order valence-corrected chi connectivity index (χ4v) is 2.75. The summed E-state index contributed by atoms with van der Waals surface area (Å²) in [5, 5.41) is 12.8. The summed E-state index contributed by atoms with van der Waals surface area (Å²) in [6, 6.07) is 12.0. The summed E-state index contributed by atoms with van der Waals surface area (Å²) in [6.07, 6.45) is 1.19. The van der Waals surface area contributed by atoms with Gasteiger partial charge in [0.15, 0.2) is 9.84 Å². The summed E-state index contributed by atoms with van der Waals surface area (Å²) in [5.41, 5.74) is 2.67. The molecule has 0 spiro atoms. The molecule has 5 heteroatoms. The number of aryl methyl sites for hydroxylation is 1. The number of aromatic hydroxyl groups is 1. The van der Waals surface area contributed by atoms with Crippen molar-refractivity contribution in [2.24, 2.45) is 0 Å². The lowest BCUT2D eigenvalue weighted by atomic mass is 10.1. The maximum absolute atomic E-state index is 11.6. The van der Waals surface area contributed by atoms with Crippen molar-refractivity contribution in [3.8, 4) is 5.75 Å². The molecule has 0 fully saturated rings. The van der Waals surface area contributed by atoms with Crippen LogP contribution in [0.4, 0.5) is 5.69 Å². The normalized spacial score (nSPS) is 12.9.